The highest BCUT2D eigenvalue weighted by Crippen LogP contribution is 2.33. The van der Waals surface area contributed by atoms with Gasteiger partial charge in [-0.25, -0.2) is 5.01 Å². The largest absolute Gasteiger partial charge is 0.497 e. The number of nitrogens with zero attached hydrogens (tertiary/aromatic N) is 3. The molecule has 0 aliphatic carbocycles. The third-order valence-corrected chi connectivity index (χ3v) is 5.47. The Kier molecular flexibility index (Phi) is 6.43. The summed E-state index contributed by atoms with van der Waals surface area (Å²) in [5.41, 5.74) is 4.21. The minimum Gasteiger partial charge on any atom is -0.497 e. The number of hydrogen-bond acceptors (Lipinski definition) is 4. The normalized spacial score (nSPS) is 15.8. The van der Waals surface area contributed by atoms with Crippen LogP contribution in [0.15, 0.2) is 90.0 Å². The van der Waals surface area contributed by atoms with Crippen LogP contribution in [0, 0.1) is 0 Å². The van der Waals surface area contributed by atoms with E-state index in [1.165, 1.54) is 5.56 Å². The van der Waals surface area contributed by atoms with Crippen LogP contribution in [0.5, 0.6) is 5.75 Å². The molecule has 5 heteroatoms. The summed E-state index contributed by atoms with van der Waals surface area (Å²) in [6.45, 7) is 1.01. The summed E-state index contributed by atoms with van der Waals surface area (Å²) in [6.07, 6.45) is 0.685. The van der Waals surface area contributed by atoms with Crippen molar-refractivity contribution in [2.75, 3.05) is 20.7 Å². The number of carbonyl (C=O) groups excluding carboxylic acids is 1. The van der Waals surface area contributed by atoms with Crippen molar-refractivity contribution in [3.05, 3.63) is 102 Å². The van der Waals surface area contributed by atoms with Gasteiger partial charge in [0.05, 0.1) is 25.4 Å². The number of ether oxygens (including phenoxy) is 1. The van der Waals surface area contributed by atoms with E-state index in [9.17, 15) is 4.79 Å². The van der Waals surface area contributed by atoms with Crippen LogP contribution in [0.4, 0.5) is 0 Å². The fourth-order valence-electron chi connectivity index (χ4n) is 3.89. The lowest BCUT2D eigenvalue weighted by Crippen LogP contribution is -2.36. The number of carbonyl (C=O) groups is 1. The Bertz CT molecular complexity index is 1030. The van der Waals surface area contributed by atoms with Crippen molar-refractivity contribution < 1.29 is 9.53 Å². The molecule has 0 spiro atoms. The molecule has 158 valence electrons. The number of benzene rings is 3. The monoisotopic (exact) mass is 413 g/mol. The molecule has 0 bridgehead atoms. The first-order valence-electron chi connectivity index (χ1n) is 10.5. The summed E-state index contributed by atoms with van der Waals surface area (Å²) >= 11 is 0. The van der Waals surface area contributed by atoms with E-state index in [1.807, 2.05) is 84.7 Å². The van der Waals surface area contributed by atoms with Gasteiger partial charge in [0.1, 0.15) is 5.75 Å². The second-order valence-electron chi connectivity index (χ2n) is 7.80. The second kappa shape index (κ2) is 9.58. The standard InChI is InChI=1S/C26H27N3O2/c1-28(18-20-9-5-3-6-10-20)19-26(30)29-25(22-13-15-23(31-2)16-14-22)17-24(27-29)21-11-7-4-8-12-21/h3-16,25H,17-19H2,1-2H3/t25-/m1/s1. The molecule has 1 amide bonds. The average Bonchev–Trinajstić information content (AvgIpc) is 3.26. The van der Waals surface area contributed by atoms with Gasteiger partial charge in [-0.05, 0) is 35.9 Å². The number of hydrazone groups is 1. The maximum absolute atomic E-state index is 13.3. The molecule has 0 saturated heterocycles. The Morgan fingerprint density at radius 1 is 1.00 bits per heavy atom. The predicted molar refractivity (Wildman–Crippen MR) is 123 cm³/mol. The first-order chi connectivity index (χ1) is 15.1. The van der Waals surface area contributed by atoms with Crippen LogP contribution < -0.4 is 4.74 Å². The van der Waals surface area contributed by atoms with Crippen LogP contribution in [0.1, 0.15) is 29.2 Å². The third kappa shape index (κ3) is 5.01. The fourth-order valence-corrected chi connectivity index (χ4v) is 3.89. The van der Waals surface area contributed by atoms with E-state index < -0.39 is 0 Å². The van der Waals surface area contributed by atoms with E-state index in [-0.39, 0.29) is 11.9 Å². The molecule has 1 atom stereocenters. The second-order valence-corrected chi connectivity index (χ2v) is 7.80. The number of hydrogen-bond donors (Lipinski definition) is 0. The lowest BCUT2D eigenvalue weighted by Gasteiger charge is -2.25. The molecule has 0 aromatic heterocycles. The number of rotatable bonds is 7. The highest BCUT2D eigenvalue weighted by atomic mass is 16.5. The van der Waals surface area contributed by atoms with Gasteiger partial charge in [0.2, 0.25) is 0 Å². The lowest BCUT2D eigenvalue weighted by atomic mass is 9.98. The van der Waals surface area contributed by atoms with Crippen LogP contribution in [0.25, 0.3) is 0 Å². The number of likely N-dealkylation sites (N-methyl/N-ethyl adjacent to an activating group) is 1. The van der Waals surface area contributed by atoms with Crippen molar-refractivity contribution in [1.82, 2.24) is 9.91 Å². The first kappa shape index (κ1) is 20.8. The highest BCUT2D eigenvalue weighted by Gasteiger charge is 2.33. The molecule has 0 radical (unpaired) electrons. The van der Waals surface area contributed by atoms with Gasteiger partial charge in [0.25, 0.3) is 5.91 Å². The molecule has 5 nitrogen and oxygen atoms in total. The molecular weight excluding hydrogens is 386 g/mol. The molecule has 1 heterocycles. The Morgan fingerprint density at radius 3 is 2.29 bits per heavy atom. The van der Waals surface area contributed by atoms with Gasteiger partial charge in [-0.3, -0.25) is 9.69 Å². The number of amides is 1. The maximum atomic E-state index is 13.3. The van der Waals surface area contributed by atoms with E-state index in [4.69, 9.17) is 9.84 Å². The summed E-state index contributed by atoms with van der Waals surface area (Å²) in [5.74, 6) is 0.789. The summed E-state index contributed by atoms with van der Waals surface area (Å²) in [4.78, 5) is 15.3. The van der Waals surface area contributed by atoms with Gasteiger partial charge in [-0.15, -0.1) is 0 Å². The van der Waals surface area contributed by atoms with Crippen LogP contribution in [0.3, 0.4) is 0 Å². The minimum absolute atomic E-state index is 0.00909. The molecule has 0 N–H and O–H groups in total. The van der Waals surface area contributed by atoms with Crippen molar-refractivity contribution >= 4 is 11.6 Å². The molecule has 4 rings (SSSR count). The molecule has 31 heavy (non-hydrogen) atoms. The van der Waals surface area contributed by atoms with Gasteiger partial charge < -0.3 is 4.74 Å². The SMILES string of the molecule is COc1ccc([C@H]2CC(c3ccccc3)=NN2C(=O)CN(C)Cc2ccccc2)cc1. The summed E-state index contributed by atoms with van der Waals surface area (Å²) in [7, 11) is 3.62. The Hall–Kier alpha value is -3.44. The maximum Gasteiger partial charge on any atom is 0.257 e. The van der Waals surface area contributed by atoms with Crippen molar-refractivity contribution in [2.24, 2.45) is 5.10 Å². The van der Waals surface area contributed by atoms with Crippen LogP contribution in [-0.2, 0) is 11.3 Å². The zero-order valence-electron chi connectivity index (χ0n) is 17.9. The third-order valence-electron chi connectivity index (χ3n) is 5.47. The zero-order valence-corrected chi connectivity index (χ0v) is 17.9. The van der Waals surface area contributed by atoms with Gasteiger partial charge in [0.15, 0.2) is 0 Å². The van der Waals surface area contributed by atoms with Crippen LogP contribution in [-0.4, -0.2) is 42.2 Å². The van der Waals surface area contributed by atoms with Crippen LogP contribution in [0.2, 0.25) is 0 Å². The summed E-state index contributed by atoms with van der Waals surface area (Å²) < 4.78 is 5.29. The lowest BCUT2D eigenvalue weighted by molar-refractivity contribution is -0.134. The molecule has 3 aromatic rings. The number of methoxy groups -OCH3 is 1. The Balaban J connectivity index is 1.55. The highest BCUT2D eigenvalue weighted by molar-refractivity contribution is 6.03. The van der Waals surface area contributed by atoms with Gasteiger partial charge in [0, 0.05) is 13.0 Å². The van der Waals surface area contributed by atoms with E-state index in [0.717, 1.165) is 22.6 Å². The van der Waals surface area contributed by atoms with Crippen LogP contribution >= 0.6 is 0 Å². The van der Waals surface area contributed by atoms with Gasteiger partial charge in [-0.1, -0.05) is 72.8 Å². The molecule has 1 aliphatic rings. The molecular formula is C26H27N3O2. The predicted octanol–water partition coefficient (Wildman–Crippen LogP) is 4.50. The van der Waals surface area contributed by atoms with E-state index in [2.05, 4.69) is 12.1 Å². The Morgan fingerprint density at radius 2 is 1.65 bits per heavy atom. The molecule has 1 aliphatic heterocycles. The fraction of sp³-hybridized carbons (Fsp3) is 0.231. The van der Waals surface area contributed by atoms with Crippen molar-refractivity contribution in [3.8, 4) is 5.75 Å². The van der Waals surface area contributed by atoms with Crippen molar-refractivity contribution in [3.63, 3.8) is 0 Å². The van der Waals surface area contributed by atoms with Gasteiger partial charge >= 0.3 is 0 Å². The quantitative estimate of drug-likeness (QED) is 0.573. The van der Waals surface area contributed by atoms with Crippen molar-refractivity contribution in [1.29, 1.82) is 0 Å². The van der Waals surface area contributed by atoms with E-state index in [0.29, 0.717) is 19.5 Å². The summed E-state index contributed by atoms with van der Waals surface area (Å²) in [5, 5.41) is 6.42. The summed E-state index contributed by atoms with van der Waals surface area (Å²) in [6, 6.07) is 28.0. The molecule has 0 unspecified atom stereocenters. The van der Waals surface area contributed by atoms with Gasteiger partial charge in [-0.2, -0.15) is 5.10 Å². The first-order valence-corrected chi connectivity index (χ1v) is 10.5. The topological polar surface area (TPSA) is 45.1 Å². The Labute approximate surface area is 183 Å². The minimum atomic E-state index is -0.126. The average molecular weight is 414 g/mol. The molecule has 0 saturated carbocycles. The smallest absolute Gasteiger partial charge is 0.257 e. The zero-order chi connectivity index (χ0) is 21.6. The van der Waals surface area contributed by atoms with E-state index >= 15 is 0 Å². The molecule has 0 fully saturated rings. The van der Waals surface area contributed by atoms with Crippen molar-refractivity contribution in [2.45, 2.75) is 19.0 Å². The van der Waals surface area contributed by atoms with E-state index in [1.54, 1.807) is 12.1 Å². The molecule has 3 aromatic carbocycles.